The van der Waals surface area contributed by atoms with Gasteiger partial charge in [-0.1, -0.05) is 37.3 Å². The summed E-state index contributed by atoms with van der Waals surface area (Å²) in [4.78, 5) is 16.0. The number of benzene rings is 2. The molecule has 3 rings (SSSR count). The van der Waals surface area contributed by atoms with E-state index in [9.17, 15) is 4.79 Å². The number of ether oxygens (including phenoxy) is 1. The Morgan fingerprint density at radius 2 is 1.96 bits per heavy atom. The first kappa shape index (κ1) is 19.0. The highest BCUT2D eigenvalue weighted by molar-refractivity contribution is 5.88. The molecule has 0 bridgehead atoms. The minimum atomic E-state index is -0.0419. The van der Waals surface area contributed by atoms with Crippen molar-refractivity contribution in [2.24, 2.45) is 0 Å². The van der Waals surface area contributed by atoms with Crippen molar-refractivity contribution in [2.75, 3.05) is 7.11 Å². The predicted molar refractivity (Wildman–Crippen MR) is 110 cm³/mol. The number of carbonyl (C=O) groups excluding carboxylic acids is 1. The first-order chi connectivity index (χ1) is 13.0. The summed E-state index contributed by atoms with van der Waals surface area (Å²) in [5.41, 5.74) is 4.67. The van der Waals surface area contributed by atoms with E-state index in [4.69, 9.17) is 4.74 Å². The maximum atomic E-state index is 12.6. The Kier molecular flexibility index (Phi) is 5.84. The monoisotopic (exact) mass is 364 g/mol. The van der Waals surface area contributed by atoms with Gasteiger partial charge >= 0.3 is 0 Å². The van der Waals surface area contributed by atoms with E-state index in [0.29, 0.717) is 6.42 Å². The summed E-state index contributed by atoms with van der Waals surface area (Å²) in [6.07, 6.45) is 3.42. The quantitative estimate of drug-likeness (QED) is 0.633. The second-order valence-corrected chi connectivity index (χ2v) is 7.19. The van der Waals surface area contributed by atoms with E-state index < -0.39 is 0 Å². The number of hydrogen-bond acceptors (Lipinski definition) is 2. The molecule has 0 aliphatic heterocycles. The van der Waals surface area contributed by atoms with Crippen LogP contribution in [-0.4, -0.2) is 24.0 Å². The molecule has 0 radical (unpaired) electrons. The lowest BCUT2D eigenvalue weighted by molar-refractivity contribution is -0.121. The number of aromatic amines is 1. The molecule has 1 amide bonds. The average Bonchev–Trinajstić information content (AvgIpc) is 3.09. The van der Waals surface area contributed by atoms with Gasteiger partial charge in [0, 0.05) is 35.5 Å². The van der Waals surface area contributed by atoms with Crippen molar-refractivity contribution in [3.63, 3.8) is 0 Å². The van der Waals surface area contributed by atoms with Gasteiger partial charge in [-0.2, -0.15) is 0 Å². The summed E-state index contributed by atoms with van der Waals surface area (Å²) in [5.74, 6) is 0.814. The summed E-state index contributed by atoms with van der Waals surface area (Å²) in [6, 6.07) is 14.5. The third-order valence-electron chi connectivity index (χ3n) is 4.93. The molecule has 4 nitrogen and oxygen atoms in total. The van der Waals surface area contributed by atoms with Crippen LogP contribution in [0.3, 0.4) is 0 Å². The van der Waals surface area contributed by atoms with Crippen LogP contribution in [0.4, 0.5) is 0 Å². The van der Waals surface area contributed by atoms with Crippen molar-refractivity contribution in [3.05, 3.63) is 65.4 Å². The Balaban J connectivity index is 2.08. The molecular weight excluding hydrogens is 336 g/mol. The van der Waals surface area contributed by atoms with Gasteiger partial charge in [0.15, 0.2) is 0 Å². The van der Waals surface area contributed by atoms with Gasteiger partial charge in [-0.15, -0.1) is 0 Å². The van der Waals surface area contributed by atoms with Crippen molar-refractivity contribution < 1.29 is 9.53 Å². The molecule has 1 heterocycles. The second kappa shape index (κ2) is 8.30. The van der Waals surface area contributed by atoms with Gasteiger partial charge in [-0.3, -0.25) is 4.79 Å². The molecule has 4 heteroatoms. The smallest absolute Gasteiger partial charge is 0.221 e. The first-order valence-corrected chi connectivity index (χ1v) is 9.55. The summed E-state index contributed by atoms with van der Waals surface area (Å²) >= 11 is 0. The lowest BCUT2D eigenvalue weighted by atomic mass is 9.87. The van der Waals surface area contributed by atoms with Gasteiger partial charge < -0.3 is 15.0 Å². The minimum Gasteiger partial charge on any atom is -0.497 e. The average molecular weight is 364 g/mol. The van der Waals surface area contributed by atoms with Gasteiger partial charge in [-0.05, 0) is 49.1 Å². The Bertz CT molecular complexity index is 927. The van der Waals surface area contributed by atoms with E-state index in [0.717, 1.165) is 28.8 Å². The SMILES string of the molecule is CCc1cccc2c([C@H](CC(=O)NC(C)C)c3cccc(OC)c3)c[nH]c12. The normalized spacial score (nSPS) is 12.3. The summed E-state index contributed by atoms with van der Waals surface area (Å²) in [5, 5.41) is 4.20. The van der Waals surface area contributed by atoms with Crippen LogP contribution in [0.2, 0.25) is 0 Å². The van der Waals surface area contributed by atoms with Crippen LogP contribution in [0.5, 0.6) is 5.75 Å². The number of amides is 1. The molecule has 0 fully saturated rings. The molecule has 0 aliphatic carbocycles. The lowest BCUT2D eigenvalue weighted by Crippen LogP contribution is -2.31. The number of aromatic nitrogens is 1. The molecule has 0 spiro atoms. The van der Waals surface area contributed by atoms with Crippen molar-refractivity contribution in [3.8, 4) is 5.75 Å². The predicted octanol–water partition coefficient (Wildman–Crippen LogP) is 4.79. The van der Waals surface area contributed by atoms with Crippen LogP contribution < -0.4 is 10.1 Å². The molecule has 27 heavy (non-hydrogen) atoms. The Hall–Kier alpha value is -2.75. The van der Waals surface area contributed by atoms with E-state index in [2.05, 4.69) is 47.7 Å². The summed E-state index contributed by atoms with van der Waals surface area (Å²) < 4.78 is 5.41. The van der Waals surface area contributed by atoms with Crippen LogP contribution in [0, 0.1) is 0 Å². The molecule has 3 aromatic rings. The van der Waals surface area contributed by atoms with E-state index in [-0.39, 0.29) is 17.9 Å². The highest BCUT2D eigenvalue weighted by Gasteiger charge is 2.22. The number of hydrogen-bond donors (Lipinski definition) is 2. The van der Waals surface area contributed by atoms with E-state index >= 15 is 0 Å². The number of carbonyl (C=O) groups is 1. The molecule has 0 saturated carbocycles. The number of nitrogens with one attached hydrogen (secondary N) is 2. The maximum Gasteiger partial charge on any atom is 0.221 e. The number of methoxy groups -OCH3 is 1. The van der Waals surface area contributed by atoms with E-state index in [1.807, 2.05) is 32.0 Å². The number of H-pyrrole nitrogens is 1. The molecular formula is C23H28N2O2. The Morgan fingerprint density at radius 3 is 2.67 bits per heavy atom. The molecule has 142 valence electrons. The molecule has 1 aromatic heterocycles. The topological polar surface area (TPSA) is 54.1 Å². The van der Waals surface area contributed by atoms with Gasteiger partial charge in [0.1, 0.15) is 5.75 Å². The largest absolute Gasteiger partial charge is 0.497 e. The standard InChI is InChI=1S/C23H28N2O2/c1-5-16-8-7-11-19-21(14-24-23(16)19)20(13-22(26)25-15(2)3)17-9-6-10-18(12-17)27-4/h6-12,14-15,20,24H,5,13H2,1-4H3,(H,25,26)/t20-/m1/s1. The van der Waals surface area contributed by atoms with Crippen molar-refractivity contribution in [2.45, 2.75) is 45.6 Å². The fraction of sp³-hybridized carbons (Fsp3) is 0.348. The highest BCUT2D eigenvalue weighted by Crippen LogP contribution is 2.35. The minimum absolute atomic E-state index is 0.0419. The Morgan fingerprint density at radius 1 is 1.19 bits per heavy atom. The lowest BCUT2D eigenvalue weighted by Gasteiger charge is -2.19. The second-order valence-electron chi connectivity index (χ2n) is 7.19. The fourth-order valence-corrected chi connectivity index (χ4v) is 3.65. The van der Waals surface area contributed by atoms with E-state index in [1.165, 1.54) is 10.9 Å². The fourth-order valence-electron chi connectivity index (χ4n) is 3.65. The van der Waals surface area contributed by atoms with Crippen LogP contribution in [-0.2, 0) is 11.2 Å². The molecule has 0 unspecified atom stereocenters. The number of aryl methyl sites for hydroxylation is 1. The molecule has 1 atom stereocenters. The van der Waals surface area contributed by atoms with Gasteiger partial charge in [0.05, 0.1) is 7.11 Å². The third kappa shape index (κ3) is 4.16. The van der Waals surface area contributed by atoms with Crippen LogP contribution in [0.1, 0.15) is 49.8 Å². The Labute approximate surface area is 160 Å². The summed E-state index contributed by atoms with van der Waals surface area (Å²) in [7, 11) is 1.67. The maximum absolute atomic E-state index is 12.6. The number of rotatable bonds is 7. The molecule has 0 aliphatic rings. The zero-order valence-corrected chi connectivity index (χ0v) is 16.5. The van der Waals surface area contributed by atoms with Crippen LogP contribution in [0.15, 0.2) is 48.7 Å². The third-order valence-corrected chi connectivity index (χ3v) is 4.93. The molecule has 2 aromatic carbocycles. The number of para-hydroxylation sites is 1. The van der Waals surface area contributed by atoms with Gasteiger partial charge in [0.2, 0.25) is 5.91 Å². The number of fused-ring (bicyclic) bond motifs is 1. The van der Waals surface area contributed by atoms with Crippen LogP contribution >= 0.6 is 0 Å². The van der Waals surface area contributed by atoms with Crippen molar-refractivity contribution in [1.82, 2.24) is 10.3 Å². The van der Waals surface area contributed by atoms with Crippen LogP contribution in [0.25, 0.3) is 10.9 Å². The van der Waals surface area contributed by atoms with Crippen molar-refractivity contribution in [1.29, 1.82) is 0 Å². The van der Waals surface area contributed by atoms with Gasteiger partial charge in [-0.25, -0.2) is 0 Å². The first-order valence-electron chi connectivity index (χ1n) is 9.55. The zero-order valence-electron chi connectivity index (χ0n) is 16.5. The summed E-state index contributed by atoms with van der Waals surface area (Å²) in [6.45, 7) is 6.13. The van der Waals surface area contributed by atoms with E-state index in [1.54, 1.807) is 7.11 Å². The molecule has 0 saturated heterocycles. The van der Waals surface area contributed by atoms with Gasteiger partial charge in [0.25, 0.3) is 0 Å². The zero-order chi connectivity index (χ0) is 19.4. The highest BCUT2D eigenvalue weighted by atomic mass is 16.5. The molecule has 2 N–H and O–H groups in total. The van der Waals surface area contributed by atoms with Crippen molar-refractivity contribution >= 4 is 16.8 Å².